The highest BCUT2D eigenvalue weighted by Crippen LogP contribution is 2.42. The van der Waals surface area contributed by atoms with Gasteiger partial charge in [-0.2, -0.15) is 5.26 Å². The molecule has 0 fully saturated rings. The summed E-state index contributed by atoms with van der Waals surface area (Å²) in [7, 11) is 0. The standard InChI is InChI=1S/C21H15N5OS/c1-13(27)25-15-10-8-14(9-11-15)18-17(12-22)21(26-20(23)19(18)24-2)28-16-6-4-3-5-7-16/h3-11H,1H3,(H2,23,26)(H,25,27). The van der Waals surface area contributed by atoms with Crippen molar-refractivity contribution in [3.05, 3.63) is 71.6 Å². The van der Waals surface area contributed by atoms with E-state index in [1.807, 2.05) is 30.3 Å². The van der Waals surface area contributed by atoms with Crippen molar-refractivity contribution >= 4 is 34.9 Å². The average molecular weight is 385 g/mol. The zero-order valence-electron chi connectivity index (χ0n) is 14.9. The Morgan fingerprint density at radius 2 is 1.89 bits per heavy atom. The third-order valence-corrected chi connectivity index (χ3v) is 4.84. The van der Waals surface area contributed by atoms with Crippen LogP contribution in [0.4, 0.5) is 17.2 Å². The molecule has 0 bridgehead atoms. The van der Waals surface area contributed by atoms with Crippen LogP contribution in [0.3, 0.4) is 0 Å². The van der Waals surface area contributed by atoms with E-state index < -0.39 is 0 Å². The van der Waals surface area contributed by atoms with Crippen molar-refractivity contribution in [2.24, 2.45) is 0 Å². The van der Waals surface area contributed by atoms with Gasteiger partial charge in [0.15, 0.2) is 0 Å². The van der Waals surface area contributed by atoms with Crippen LogP contribution < -0.4 is 11.1 Å². The maximum atomic E-state index is 11.2. The number of pyridine rings is 1. The van der Waals surface area contributed by atoms with Crippen LogP contribution in [0.5, 0.6) is 0 Å². The van der Waals surface area contributed by atoms with Crippen LogP contribution in [0.1, 0.15) is 12.5 Å². The minimum atomic E-state index is -0.179. The van der Waals surface area contributed by atoms with Crippen LogP contribution in [-0.2, 0) is 4.79 Å². The highest BCUT2D eigenvalue weighted by molar-refractivity contribution is 7.99. The number of carbonyl (C=O) groups excluding carboxylic acids is 1. The first-order valence-corrected chi connectivity index (χ1v) is 9.07. The van der Waals surface area contributed by atoms with Crippen molar-refractivity contribution in [3.63, 3.8) is 0 Å². The minimum Gasteiger partial charge on any atom is -0.392 e. The molecule has 1 heterocycles. The fourth-order valence-corrected chi connectivity index (χ4v) is 3.58. The lowest BCUT2D eigenvalue weighted by Crippen LogP contribution is -2.05. The van der Waals surface area contributed by atoms with E-state index in [1.165, 1.54) is 18.7 Å². The number of nitrogen functional groups attached to an aromatic ring is 1. The molecule has 0 atom stereocenters. The van der Waals surface area contributed by atoms with Gasteiger partial charge in [-0.25, -0.2) is 9.83 Å². The Morgan fingerprint density at radius 3 is 2.46 bits per heavy atom. The number of rotatable bonds is 4. The summed E-state index contributed by atoms with van der Waals surface area (Å²) in [6.07, 6.45) is 0. The van der Waals surface area contributed by atoms with Gasteiger partial charge >= 0.3 is 0 Å². The highest BCUT2D eigenvalue weighted by Gasteiger charge is 2.21. The Morgan fingerprint density at radius 1 is 1.21 bits per heavy atom. The summed E-state index contributed by atoms with van der Waals surface area (Å²) in [5.41, 5.74) is 8.19. The second-order valence-electron chi connectivity index (χ2n) is 5.80. The highest BCUT2D eigenvalue weighted by atomic mass is 32.2. The van der Waals surface area contributed by atoms with E-state index in [0.29, 0.717) is 27.4 Å². The number of nitrogens with one attached hydrogen (secondary N) is 1. The molecule has 28 heavy (non-hydrogen) atoms. The molecule has 1 amide bonds. The fraction of sp³-hybridized carbons (Fsp3) is 0.0476. The van der Waals surface area contributed by atoms with E-state index in [1.54, 1.807) is 24.3 Å². The number of nitrogens with zero attached hydrogens (tertiary/aromatic N) is 3. The van der Waals surface area contributed by atoms with Gasteiger partial charge in [0.25, 0.3) is 0 Å². The number of hydrogen-bond acceptors (Lipinski definition) is 5. The number of amides is 1. The molecule has 0 unspecified atom stereocenters. The number of nitrogens with two attached hydrogens (primary N) is 1. The molecule has 0 spiro atoms. The maximum absolute atomic E-state index is 11.2. The molecule has 3 N–H and O–H groups in total. The van der Waals surface area contributed by atoms with Gasteiger partial charge in [-0.15, -0.1) is 0 Å². The quantitative estimate of drug-likeness (QED) is 0.625. The molecule has 7 heteroatoms. The molecule has 0 aliphatic carbocycles. The summed E-state index contributed by atoms with van der Waals surface area (Å²) in [5.74, 6) is -0.101. The van der Waals surface area contributed by atoms with Gasteiger partial charge in [0, 0.05) is 23.1 Å². The van der Waals surface area contributed by atoms with Crippen molar-refractivity contribution in [2.45, 2.75) is 16.8 Å². The van der Waals surface area contributed by atoms with E-state index in [2.05, 4.69) is 21.2 Å². The van der Waals surface area contributed by atoms with Gasteiger partial charge in [-0.05, 0) is 29.8 Å². The zero-order valence-corrected chi connectivity index (χ0v) is 15.7. The molecule has 0 aliphatic heterocycles. The molecule has 6 nitrogen and oxygen atoms in total. The number of hydrogen-bond donors (Lipinski definition) is 2. The third kappa shape index (κ3) is 3.96. The Bertz CT molecular complexity index is 1110. The molecule has 3 aromatic rings. The summed E-state index contributed by atoms with van der Waals surface area (Å²) in [5, 5.41) is 13.0. The lowest BCUT2D eigenvalue weighted by atomic mass is 9.99. The first-order chi connectivity index (χ1) is 13.5. The summed E-state index contributed by atoms with van der Waals surface area (Å²) in [6, 6.07) is 18.6. The Labute approximate surface area is 166 Å². The topological polar surface area (TPSA) is 96.2 Å². The Balaban J connectivity index is 2.15. The first kappa shape index (κ1) is 19.0. The molecule has 0 aliphatic rings. The molecule has 2 aromatic carbocycles. The third-order valence-electron chi connectivity index (χ3n) is 3.84. The van der Waals surface area contributed by atoms with Crippen LogP contribution >= 0.6 is 11.8 Å². The van der Waals surface area contributed by atoms with Crippen LogP contribution in [0.2, 0.25) is 0 Å². The van der Waals surface area contributed by atoms with Crippen LogP contribution in [0.15, 0.2) is 64.5 Å². The second kappa shape index (κ2) is 8.26. The van der Waals surface area contributed by atoms with Crippen molar-refractivity contribution in [1.29, 1.82) is 5.26 Å². The fourth-order valence-electron chi connectivity index (χ4n) is 2.67. The normalized spacial score (nSPS) is 9.96. The lowest BCUT2D eigenvalue weighted by molar-refractivity contribution is -0.114. The van der Waals surface area contributed by atoms with Crippen molar-refractivity contribution < 1.29 is 4.79 Å². The van der Waals surface area contributed by atoms with Gasteiger partial charge in [-0.3, -0.25) is 4.79 Å². The van der Waals surface area contributed by atoms with Crippen molar-refractivity contribution in [1.82, 2.24) is 4.98 Å². The van der Waals surface area contributed by atoms with Gasteiger partial charge in [-0.1, -0.05) is 42.1 Å². The Hall–Kier alpha value is -3.81. The predicted molar refractivity (Wildman–Crippen MR) is 110 cm³/mol. The van der Waals surface area contributed by atoms with Crippen molar-refractivity contribution in [3.8, 4) is 17.2 Å². The van der Waals surface area contributed by atoms with Gasteiger partial charge < -0.3 is 11.1 Å². The molecule has 0 saturated carbocycles. The largest absolute Gasteiger partial charge is 0.392 e. The molecule has 3 rings (SSSR count). The average Bonchev–Trinajstić information content (AvgIpc) is 2.68. The number of carbonyl (C=O) groups is 1. The van der Waals surface area contributed by atoms with Crippen LogP contribution in [0.25, 0.3) is 16.0 Å². The monoisotopic (exact) mass is 385 g/mol. The smallest absolute Gasteiger partial charge is 0.236 e. The first-order valence-electron chi connectivity index (χ1n) is 8.25. The van der Waals surface area contributed by atoms with E-state index in [0.717, 1.165) is 4.90 Å². The molecule has 0 saturated heterocycles. The number of anilines is 2. The van der Waals surface area contributed by atoms with Crippen LogP contribution in [0, 0.1) is 17.9 Å². The molecular formula is C21H15N5OS. The number of aromatic nitrogens is 1. The van der Waals surface area contributed by atoms with E-state index in [-0.39, 0.29) is 17.4 Å². The van der Waals surface area contributed by atoms with E-state index in [9.17, 15) is 10.1 Å². The van der Waals surface area contributed by atoms with Gasteiger partial charge in [0.2, 0.25) is 11.6 Å². The maximum Gasteiger partial charge on any atom is 0.236 e. The second-order valence-corrected chi connectivity index (χ2v) is 6.86. The molecule has 136 valence electrons. The Kier molecular flexibility index (Phi) is 5.59. The lowest BCUT2D eigenvalue weighted by Gasteiger charge is -2.13. The zero-order chi connectivity index (χ0) is 20.1. The summed E-state index contributed by atoms with van der Waals surface area (Å²) >= 11 is 1.32. The number of nitriles is 1. The van der Waals surface area contributed by atoms with Crippen molar-refractivity contribution in [2.75, 3.05) is 11.1 Å². The van der Waals surface area contributed by atoms with Gasteiger partial charge in [0.05, 0.1) is 12.1 Å². The van der Waals surface area contributed by atoms with E-state index in [4.69, 9.17) is 12.3 Å². The SMILES string of the molecule is [C-]#[N+]c1c(N)nc(Sc2ccccc2)c(C#N)c1-c1ccc(NC(C)=O)cc1. The molecule has 1 aromatic heterocycles. The van der Waals surface area contributed by atoms with Crippen LogP contribution in [-0.4, -0.2) is 10.9 Å². The molecular weight excluding hydrogens is 370 g/mol. The summed E-state index contributed by atoms with van der Waals surface area (Å²) < 4.78 is 0. The van der Waals surface area contributed by atoms with Gasteiger partial charge in [0.1, 0.15) is 16.9 Å². The number of benzene rings is 2. The summed E-state index contributed by atoms with van der Waals surface area (Å²) in [6.45, 7) is 8.93. The predicted octanol–water partition coefficient (Wildman–Crippen LogP) is 4.86. The van der Waals surface area contributed by atoms with E-state index >= 15 is 0 Å². The minimum absolute atomic E-state index is 0.0772. The molecule has 0 radical (unpaired) electrons. The summed E-state index contributed by atoms with van der Waals surface area (Å²) in [4.78, 5) is 19.9.